The van der Waals surface area contributed by atoms with Crippen molar-refractivity contribution in [1.82, 2.24) is 0 Å². The third-order valence-electron chi connectivity index (χ3n) is 3.24. The topological polar surface area (TPSA) is 46.2 Å². The van der Waals surface area contributed by atoms with E-state index < -0.39 is 10.8 Å². The highest BCUT2D eigenvalue weighted by Gasteiger charge is 2.09. The number of anilines is 1. The van der Waals surface area contributed by atoms with E-state index in [1.807, 2.05) is 0 Å². The molecule has 0 spiro atoms. The fourth-order valence-corrected chi connectivity index (χ4v) is 2.73. The predicted octanol–water partition coefficient (Wildman–Crippen LogP) is 3.25. The quantitative estimate of drug-likeness (QED) is 0.859. The van der Waals surface area contributed by atoms with Crippen molar-refractivity contribution in [3.63, 3.8) is 0 Å². The first-order valence-electron chi connectivity index (χ1n) is 6.56. The van der Waals surface area contributed by atoms with E-state index >= 15 is 0 Å². The van der Waals surface area contributed by atoms with Gasteiger partial charge in [-0.1, -0.05) is 11.6 Å². The minimum atomic E-state index is -0.977. The molecule has 0 fully saturated rings. The number of hydrogen-bond donors (Lipinski definition) is 1. The van der Waals surface area contributed by atoms with Crippen LogP contribution < -0.4 is 5.32 Å². The molecule has 1 aliphatic rings. The van der Waals surface area contributed by atoms with Crippen molar-refractivity contribution in [2.45, 2.75) is 37.0 Å². The zero-order chi connectivity index (χ0) is 13.7. The van der Waals surface area contributed by atoms with Gasteiger partial charge < -0.3 is 5.32 Å². The van der Waals surface area contributed by atoms with Gasteiger partial charge in [-0.25, -0.2) is 0 Å². The minimum Gasteiger partial charge on any atom is -0.326 e. The van der Waals surface area contributed by atoms with Crippen molar-refractivity contribution < 1.29 is 9.00 Å². The molecule has 1 aromatic rings. The van der Waals surface area contributed by atoms with Crippen LogP contribution in [-0.2, 0) is 15.6 Å². The average molecular weight is 277 g/mol. The fourth-order valence-electron chi connectivity index (χ4n) is 2.21. The Kier molecular flexibility index (Phi) is 4.91. The second-order valence-electron chi connectivity index (χ2n) is 4.81. The normalized spacial score (nSPS) is 16.6. The van der Waals surface area contributed by atoms with Gasteiger partial charge in [-0.15, -0.1) is 0 Å². The molecule has 3 nitrogen and oxygen atoms in total. The molecule has 1 aliphatic carbocycles. The van der Waals surface area contributed by atoms with Gasteiger partial charge in [0.1, 0.15) is 0 Å². The van der Waals surface area contributed by atoms with Crippen molar-refractivity contribution in [3.05, 3.63) is 35.9 Å². The van der Waals surface area contributed by atoms with Gasteiger partial charge in [-0.3, -0.25) is 9.00 Å². The van der Waals surface area contributed by atoms with Crippen LogP contribution in [-0.4, -0.2) is 16.4 Å². The van der Waals surface area contributed by atoms with Crippen LogP contribution in [0.25, 0.3) is 0 Å². The lowest BCUT2D eigenvalue weighted by Crippen LogP contribution is -2.13. The SMILES string of the molecule is CS(=O)c1ccc(NC(=O)CC2=CCCCC2)cc1. The number of amides is 1. The predicted molar refractivity (Wildman–Crippen MR) is 78.6 cm³/mol. The highest BCUT2D eigenvalue weighted by molar-refractivity contribution is 7.84. The Hall–Kier alpha value is -1.42. The third-order valence-corrected chi connectivity index (χ3v) is 4.18. The van der Waals surface area contributed by atoms with Gasteiger partial charge in [0, 0.05) is 34.1 Å². The van der Waals surface area contributed by atoms with E-state index in [0.717, 1.165) is 23.4 Å². The lowest BCUT2D eigenvalue weighted by Gasteiger charge is -2.12. The van der Waals surface area contributed by atoms with E-state index in [2.05, 4.69) is 11.4 Å². The van der Waals surface area contributed by atoms with E-state index in [1.54, 1.807) is 30.5 Å². The molecule has 0 heterocycles. The van der Waals surface area contributed by atoms with Gasteiger partial charge in [0.2, 0.25) is 5.91 Å². The zero-order valence-electron chi connectivity index (χ0n) is 11.1. The van der Waals surface area contributed by atoms with Crippen molar-refractivity contribution in [2.24, 2.45) is 0 Å². The van der Waals surface area contributed by atoms with E-state index in [-0.39, 0.29) is 5.91 Å². The van der Waals surface area contributed by atoms with E-state index in [9.17, 15) is 9.00 Å². The molecule has 0 radical (unpaired) electrons. The van der Waals surface area contributed by atoms with Crippen molar-refractivity contribution in [3.8, 4) is 0 Å². The van der Waals surface area contributed by atoms with Gasteiger partial charge in [-0.2, -0.15) is 0 Å². The number of carbonyl (C=O) groups is 1. The second kappa shape index (κ2) is 6.66. The highest BCUT2D eigenvalue weighted by Crippen LogP contribution is 2.20. The maximum absolute atomic E-state index is 11.9. The first-order valence-corrected chi connectivity index (χ1v) is 8.12. The first kappa shape index (κ1) is 14.0. The van der Waals surface area contributed by atoms with E-state index in [0.29, 0.717) is 6.42 Å². The molecular weight excluding hydrogens is 258 g/mol. The Balaban J connectivity index is 1.91. The molecule has 102 valence electrons. The van der Waals surface area contributed by atoms with Gasteiger partial charge >= 0.3 is 0 Å². The average Bonchev–Trinajstić information content (AvgIpc) is 2.40. The highest BCUT2D eigenvalue weighted by atomic mass is 32.2. The van der Waals surface area contributed by atoms with Gasteiger partial charge in [0.25, 0.3) is 0 Å². The molecule has 19 heavy (non-hydrogen) atoms. The minimum absolute atomic E-state index is 0.0264. The molecule has 1 atom stereocenters. The van der Waals surface area contributed by atoms with Crippen LogP contribution in [0.2, 0.25) is 0 Å². The maximum atomic E-state index is 11.9. The first-order chi connectivity index (χ1) is 9.15. The number of hydrogen-bond acceptors (Lipinski definition) is 2. The Morgan fingerprint density at radius 1 is 1.26 bits per heavy atom. The van der Waals surface area contributed by atoms with E-state index in [1.165, 1.54) is 18.4 Å². The summed E-state index contributed by atoms with van der Waals surface area (Å²) in [6.07, 6.45) is 8.88. The summed E-state index contributed by atoms with van der Waals surface area (Å²) in [5.74, 6) is 0.0264. The maximum Gasteiger partial charge on any atom is 0.228 e. The second-order valence-corrected chi connectivity index (χ2v) is 6.19. The van der Waals surface area contributed by atoms with Crippen LogP contribution in [0.4, 0.5) is 5.69 Å². The molecule has 1 N–H and O–H groups in total. The Morgan fingerprint density at radius 3 is 2.58 bits per heavy atom. The summed E-state index contributed by atoms with van der Waals surface area (Å²) in [7, 11) is -0.977. The molecule has 0 bridgehead atoms. The number of nitrogens with one attached hydrogen (secondary N) is 1. The molecule has 4 heteroatoms. The Bertz CT molecular complexity index is 505. The monoisotopic (exact) mass is 277 g/mol. The summed E-state index contributed by atoms with van der Waals surface area (Å²) in [6.45, 7) is 0. The number of benzene rings is 1. The third kappa shape index (κ3) is 4.31. The van der Waals surface area contributed by atoms with Gasteiger partial charge in [0.15, 0.2) is 0 Å². The summed E-state index contributed by atoms with van der Waals surface area (Å²) in [6, 6.07) is 7.16. The lowest BCUT2D eigenvalue weighted by atomic mass is 9.97. The van der Waals surface area contributed by atoms with Crippen molar-refractivity contribution >= 4 is 22.4 Å². The molecule has 0 aliphatic heterocycles. The van der Waals surface area contributed by atoms with Crippen LogP contribution in [0.15, 0.2) is 40.8 Å². The van der Waals surface area contributed by atoms with Crippen molar-refractivity contribution in [2.75, 3.05) is 11.6 Å². The molecule has 1 unspecified atom stereocenters. The zero-order valence-corrected chi connectivity index (χ0v) is 12.0. The molecule has 2 rings (SSSR count). The summed E-state index contributed by atoms with van der Waals surface area (Å²) in [5.41, 5.74) is 2.01. The number of allylic oxidation sites excluding steroid dienone is 1. The molecule has 0 saturated heterocycles. The summed E-state index contributed by atoms with van der Waals surface area (Å²) in [5, 5.41) is 2.88. The van der Waals surface area contributed by atoms with Gasteiger partial charge in [-0.05, 0) is 49.9 Å². The Morgan fingerprint density at radius 2 is 2.00 bits per heavy atom. The van der Waals surface area contributed by atoms with Crippen LogP contribution in [0.3, 0.4) is 0 Å². The molecule has 0 saturated carbocycles. The van der Waals surface area contributed by atoms with Crippen LogP contribution in [0, 0.1) is 0 Å². The van der Waals surface area contributed by atoms with E-state index in [4.69, 9.17) is 0 Å². The molecular formula is C15H19NO2S. The fraction of sp³-hybridized carbons (Fsp3) is 0.400. The summed E-state index contributed by atoms with van der Waals surface area (Å²) < 4.78 is 11.3. The lowest BCUT2D eigenvalue weighted by molar-refractivity contribution is -0.115. The molecule has 1 amide bonds. The van der Waals surface area contributed by atoms with Crippen molar-refractivity contribution in [1.29, 1.82) is 0 Å². The Labute approximate surface area is 116 Å². The smallest absolute Gasteiger partial charge is 0.228 e. The van der Waals surface area contributed by atoms with Crippen LogP contribution >= 0.6 is 0 Å². The number of rotatable bonds is 4. The largest absolute Gasteiger partial charge is 0.326 e. The van der Waals surface area contributed by atoms with Crippen LogP contribution in [0.1, 0.15) is 32.1 Å². The summed E-state index contributed by atoms with van der Waals surface area (Å²) in [4.78, 5) is 12.7. The van der Waals surface area contributed by atoms with Gasteiger partial charge in [0.05, 0.1) is 0 Å². The summed E-state index contributed by atoms with van der Waals surface area (Å²) >= 11 is 0. The van der Waals surface area contributed by atoms with Crippen LogP contribution in [0.5, 0.6) is 0 Å². The standard InChI is InChI=1S/C15H19NO2S/c1-19(18)14-9-7-13(8-10-14)16-15(17)11-12-5-3-2-4-6-12/h5,7-10H,2-4,6,11H2,1H3,(H,16,17). The molecule has 0 aromatic heterocycles. The number of carbonyl (C=O) groups excluding carboxylic acids is 1. The molecule has 1 aromatic carbocycles.